The van der Waals surface area contributed by atoms with Crippen LogP contribution in [0.4, 0.5) is 0 Å². The second-order valence-corrected chi connectivity index (χ2v) is 8.36. The van der Waals surface area contributed by atoms with Crippen molar-refractivity contribution >= 4 is 5.78 Å². The lowest BCUT2D eigenvalue weighted by molar-refractivity contribution is -0.116. The number of carbonyl (C=O) groups is 1. The first-order valence-electron chi connectivity index (χ1n) is 8.17. The lowest BCUT2D eigenvalue weighted by Gasteiger charge is -2.10. The Kier molecular flexibility index (Phi) is 2.27. The predicted molar refractivity (Wildman–Crippen MR) is 76.6 cm³/mol. The highest BCUT2D eigenvalue weighted by atomic mass is 16.1. The van der Waals surface area contributed by atoms with Crippen molar-refractivity contribution in [2.24, 2.45) is 34.5 Å². The van der Waals surface area contributed by atoms with Crippen molar-refractivity contribution in [3.05, 3.63) is 11.6 Å². The molecular formula is C18H26O. The molecule has 0 aromatic heterocycles. The smallest absolute Gasteiger partial charge is 0.159 e. The highest BCUT2D eigenvalue weighted by Crippen LogP contribution is 2.68. The van der Waals surface area contributed by atoms with Gasteiger partial charge in [0.15, 0.2) is 5.78 Å². The van der Waals surface area contributed by atoms with Crippen LogP contribution in [0.15, 0.2) is 11.6 Å². The Morgan fingerprint density at radius 3 is 1.95 bits per heavy atom. The van der Waals surface area contributed by atoms with Gasteiger partial charge < -0.3 is 0 Å². The van der Waals surface area contributed by atoms with E-state index in [0.717, 1.165) is 24.2 Å². The predicted octanol–water partition coefficient (Wildman–Crippen LogP) is 4.37. The number of hydrogen-bond donors (Lipinski definition) is 0. The zero-order chi connectivity index (χ0) is 13.4. The van der Waals surface area contributed by atoms with Crippen molar-refractivity contribution in [3.63, 3.8) is 0 Å². The van der Waals surface area contributed by atoms with Gasteiger partial charge in [0.25, 0.3) is 0 Å². The van der Waals surface area contributed by atoms with Crippen molar-refractivity contribution in [1.29, 1.82) is 0 Å². The van der Waals surface area contributed by atoms with Crippen LogP contribution in [-0.4, -0.2) is 5.78 Å². The summed E-state index contributed by atoms with van der Waals surface area (Å²) >= 11 is 0. The summed E-state index contributed by atoms with van der Waals surface area (Å²) in [5.41, 5.74) is 2.32. The van der Waals surface area contributed by atoms with E-state index in [2.05, 4.69) is 20.8 Å². The van der Waals surface area contributed by atoms with E-state index in [1.165, 1.54) is 37.7 Å². The minimum atomic E-state index is 0.362. The lowest BCUT2D eigenvalue weighted by Crippen LogP contribution is -2.09. The van der Waals surface area contributed by atoms with E-state index in [4.69, 9.17) is 0 Å². The van der Waals surface area contributed by atoms with Crippen LogP contribution < -0.4 is 0 Å². The Bertz CT molecular complexity index is 468. The molecular weight excluding hydrogens is 232 g/mol. The number of hydrogen-bond acceptors (Lipinski definition) is 1. The minimum Gasteiger partial charge on any atom is -0.295 e. The Morgan fingerprint density at radius 1 is 0.947 bits per heavy atom. The molecule has 4 saturated carbocycles. The van der Waals surface area contributed by atoms with Crippen molar-refractivity contribution in [3.8, 4) is 0 Å². The molecule has 0 aromatic rings. The Balaban J connectivity index is 1.41. The molecule has 1 heteroatoms. The molecule has 4 aliphatic carbocycles. The molecule has 1 nitrogen and oxygen atoms in total. The molecule has 4 atom stereocenters. The average Bonchev–Trinajstić information content (AvgIpc) is 3.16. The summed E-state index contributed by atoms with van der Waals surface area (Å²) in [7, 11) is 0. The minimum absolute atomic E-state index is 0.362. The summed E-state index contributed by atoms with van der Waals surface area (Å²) in [5.74, 6) is 3.36. The van der Waals surface area contributed by atoms with Gasteiger partial charge in [0.2, 0.25) is 0 Å². The zero-order valence-corrected chi connectivity index (χ0v) is 12.5. The average molecular weight is 258 g/mol. The lowest BCUT2D eigenvalue weighted by atomic mass is 9.94. The largest absolute Gasteiger partial charge is 0.295 e. The van der Waals surface area contributed by atoms with Gasteiger partial charge in [0.05, 0.1) is 0 Å². The topological polar surface area (TPSA) is 17.1 Å². The maximum Gasteiger partial charge on any atom is 0.159 e. The molecule has 0 amide bonds. The van der Waals surface area contributed by atoms with Gasteiger partial charge in [0, 0.05) is 5.92 Å². The van der Waals surface area contributed by atoms with Crippen LogP contribution in [0, 0.1) is 34.5 Å². The standard InChI is InChI=1S/C18H26O/c1-11(14-9-17(14,2)12-4-5-12)8-16(19)15-10-18(15,3)13-6-7-13/h8,12-15H,4-7,9-10H2,1-3H3/b11-8-. The fraction of sp³-hybridized carbons (Fsp3) is 0.833. The summed E-state index contributed by atoms with van der Waals surface area (Å²) in [6, 6.07) is 0. The summed E-state index contributed by atoms with van der Waals surface area (Å²) in [6.07, 6.45) is 10.1. The zero-order valence-electron chi connectivity index (χ0n) is 12.5. The van der Waals surface area contributed by atoms with E-state index in [9.17, 15) is 4.79 Å². The molecule has 4 fully saturated rings. The summed E-state index contributed by atoms with van der Waals surface area (Å²) in [5, 5.41) is 0. The molecule has 0 saturated heterocycles. The van der Waals surface area contributed by atoms with Gasteiger partial charge >= 0.3 is 0 Å². The molecule has 0 radical (unpaired) electrons. The van der Waals surface area contributed by atoms with Crippen molar-refractivity contribution < 1.29 is 4.79 Å². The summed E-state index contributed by atoms with van der Waals surface area (Å²) in [4.78, 5) is 12.4. The number of ketones is 1. The van der Waals surface area contributed by atoms with Crippen molar-refractivity contribution in [1.82, 2.24) is 0 Å². The monoisotopic (exact) mass is 258 g/mol. The van der Waals surface area contributed by atoms with Crippen LogP contribution in [0.3, 0.4) is 0 Å². The van der Waals surface area contributed by atoms with E-state index >= 15 is 0 Å². The first-order valence-corrected chi connectivity index (χ1v) is 8.17. The van der Waals surface area contributed by atoms with Crippen LogP contribution >= 0.6 is 0 Å². The molecule has 104 valence electrons. The molecule has 0 heterocycles. The van der Waals surface area contributed by atoms with E-state index in [-0.39, 0.29) is 0 Å². The molecule has 0 N–H and O–H groups in total. The molecule has 4 aliphatic rings. The van der Waals surface area contributed by atoms with Gasteiger partial charge in [-0.3, -0.25) is 4.79 Å². The van der Waals surface area contributed by atoms with Crippen molar-refractivity contribution in [2.75, 3.05) is 0 Å². The van der Waals surface area contributed by atoms with Gasteiger partial charge in [-0.15, -0.1) is 0 Å². The van der Waals surface area contributed by atoms with Crippen LogP contribution in [0.5, 0.6) is 0 Å². The second kappa shape index (κ2) is 3.54. The van der Waals surface area contributed by atoms with Gasteiger partial charge in [-0.2, -0.15) is 0 Å². The molecule has 0 aliphatic heterocycles. The summed E-state index contributed by atoms with van der Waals surface area (Å²) < 4.78 is 0. The fourth-order valence-electron chi connectivity index (χ4n) is 4.68. The number of carbonyl (C=O) groups excluding carboxylic acids is 1. The molecule has 4 unspecified atom stereocenters. The third-order valence-corrected chi connectivity index (χ3v) is 6.84. The second-order valence-electron chi connectivity index (χ2n) is 8.36. The van der Waals surface area contributed by atoms with Crippen LogP contribution in [0.2, 0.25) is 0 Å². The fourth-order valence-corrected chi connectivity index (χ4v) is 4.68. The molecule has 19 heavy (non-hydrogen) atoms. The normalized spacial score (nSPS) is 49.1. The molecule has 4 rings (SSSR count). The Labute approximate surface area is 116 Å². The number of allylic oxidation sites excluding steroid dienone is 2. The maximum atomic E-state index is 12.4. The highest BCUT2D eigenvalue weighted by Gasteiger charge is 2.62. The van der Waals surface area contributed by atoms with Gasteiger partial charge in [-0.1, -0.05) is 19.4 Å². The first-order chi connectivity index (χ1) is 8.95. The van der Waals surface area contributed by atoms with E-state index in [0.29, 0.717) is 22.5 Å². The van der Waals surface area contributed by atoms with Crippen molar-refractivity contribution in [2.45, 2.75) is 59.3 Å². The Morgan fingerprint density at radius 2 is 1.42 bits per heavy atom. The Hall–Kier alpha value is -0.590. The van der Waals surface area contributed by atoms with Crippen LogP contribution in [-0.2, 0) is 4.79 Å². The third-order valence-electron chi connectivity index (χ3n) is 6.84. The van der Waals surface area contributed by atoms with E-state index in [1.54, 1.807) is 0 Å². The van der Waals surface area contributed by atoms with Crippen LogP contribution in [0.25, 0.3) is 0 Å². The quantitative estimate of drug-likeness (QED) is 0.669. The van der Waals surface area contributed by atoms with Gasteiger partial charge in [0.1, 0.15) is 0 Å². The van der Waals surface area contributed by atoms with E-state index in [1.807, 2.05) is 6.08 Å². The highest BCUT2D eigenvalue weighted by molar-refractivity contribution is 5.95. The molecule has 0 aromatic carbocycles. The SMILES string of the molecule is C/C(=C/C(=O)C1CC1(C)C1CC1)C1CC1(C)C1CC1. The number of rotatable bonds is 5. The maximum absolute atomic E-state index is 12.4. The third kappa shape index (κ3) is 1.84. The summed E-state index contributed by atoms with van der Waals surface area (Å²) in [6.45, 7) is 6.97. The molecule has 0 spiro atoms. The van der Waals surface area contributed by atoms with Gasteiger partial charge in [-0.25, -0.2) is 0 Å². The van der Waals surface area contributed by atoms with Gasteiger partial charge in [-0.05, 0) is 80.1 Å². The van der Waals surface area contributed by atoms with Crippen LogP contribution in [0.1, 0.15) is 59.3 Å². The first kappa shape index (κ1) is 12.2. The van der Waals surface area contributed by atoms with E-state index < -0.39 is 0 Å². The molecule has 0 bridgehead atoms.